The van der Waals surface area contributed by atoms with Gasteiger partial charge in [-0.2, -0.15) is 0 Å². The second-order valence-electron chi connectivity index (χ2n) is 14.5. The van der Waals surface area contributed by atoms with Crippen molar-refractivity contribution in [3.8, 4) is 22.3 Å². The summed E-state index contributed by atoms with van der Waals surface area (Å²) in [6.07, 6.45) is 0. The molecule has 246 valence electrons. The standard InChI is InChI=1S/C49H33NS2/c1-49(2)42-15-6-3-10-36(42)37-24-22-32(28-43(37)49)50(33-23-25-39-38-11-4-7-16-44(38)52-47(39)29-33)31-20-18-30(19-21-31)34-13-9-14-40-35(34)26-27-46-48(40)41-12-5-8-17-45(41)51-46/h3-29H,1-2H3. The number of hydrogen-bond donors (Lipinski definition) is 0. The van der Waals surface area contributed by atoms with Crippen molar-refractivity contribution in [3.63, 3.8) is 0 Å². The summed E-state index contributed by atoms with van der Waals surface area (Å²) in [5.74, 6) is 0. The van der Waals surface area contributed by atoms with Crippen LogP contribution in [0.5, 0.6) is 0 Å². The molecule has 10 aromatic rings. The van der Waals surface area contributed by atoms with Gasteiger partial charge in [-0.05, 0) is 98.8 Å². The van der Waals surface area contributed by atoms with Crippen molar-refractivity contribution in [2.75, 3.05) is 4.90 Å². The van der Waals surface area contributed by atoms with Crippen LogP contribution < -0.4 is 4.90 Å². The van der Waals surface area contributed by atoms with Gasteiger partial charge in [0.1, 0.15) is 0 Å². The molecular formula is C49H33NS2. The van der Waals surface area contributed by atoms with E-state index in [4.69, 9.17) is 0 Å². The van der Waals surface area contributed by atoms with Gasteiger partial charge in [-0.1, -0.05) is 123 Å². The van der Waals surface area contributed by atoms with E-state index in [1.807, 2.05) is 22.7 Å². The number of fused-ring (bicyclic) bond motifs is 11. The zero-order valence-corrected chi connectivity index (χ0v) is 30.5. The maximum absolute atomic E-state index is 2.44. The second-order valence-corrected chi connectivity index (χ2v) is 16.7. The van der Waals surface area contributed by atoms with Crippen molar-refractivity contribution >= 4 is 90.9 Å². The van der Waals surface area contributed by atoms with Crippen molar-refractivity contribution in [2.45, 2.75) is 19.3 Å². The smallest absolute Gasteiger partial charge is 0.0476 e. The molecule has 52 heavy (non-hydrogen) atoms. The molecule has 0 saturated carbocycles. The number of hydrogen-bond acceptors (Lipinski definition) is 3. The van der Waals surface area contributed by atoms with Gasteiger partial charge in [-0.15, -0.1) is 22.7 Å². The quantitative estimate of drug-likeness (QED) is 0.177. The first kappa shape index (κ1) is 29.9. The summed E-state index contributed by atoms with van der Waals surface area (Å²) in [5, 5.41) is 7.95. The summed E-state index contributed by atoms with van der Waals surface area (Å²) in [6, 6.07) is 61.1. The van der Waals surface area contributed by atoms with Crippen LogP contribution in [-0.4, -0.2) is 0 Å². The van der Waals surface area contributed by atoms with Crippen molar-refractivity contribution < 1.29 is 0 Å². The van der Waals surface area contributed by atoms with Crippen molar-refractivity contribution in [3.05, 3.63) is 175 Å². The van der Waals surface area contributed by atoms with Gasteiger partial charge in [0, 0.05) is 62.8 Å². The van der Waals surface area contributed by atoms with E-state index >= 15 is 0 Å². The third kappa shape index (κ3) is 4.33. The molecule has 1 nitrogen and oxygen atoms in total. The highest BCUT2D eigenvalue weighted by Gasteiger charge is 2.35. The number of thiophene rings is 2. The average Bonchev–Trinajstić information content (AvgIpc) is 3.83. The summed E-state index contributed by atoms with van der Waals surface area (Å²) < 4.78 is 5.31. The summed E-state index contributed by atoms with van der Waals surface area (Å²) in [4.78, 5) is 2.44. The van der Waals surface area contributed by atoms with Gasteiger partial charge in [-0.25, -0.2) is 0 Å². The Hall–Kier alpha value is -5.74. The molecule has 1 aliphatic carbocycles. The molecule has 0 unspecified atom stereocenters. The Kier molecular flexibility index (Phi) is 6.41. The van der Waals surface area contributed by atoms with Gasteiger partial charge in [-0.3, -0.25) is 0 Å². The van der Waals surface area contributed by atoms with E-state index < -0.39 is 0 Å². The molecule has 0 amide bonds. The van der Waals surface area contributed by atoms with Gasteiger partial charge >= 0.3 is 0 Å². The Balaban J connectivity index is 1.07. The predicted molar refractivity (Wildman–Crippen MR) is 227 cm³/mol. The maximum atomic E-state index is 2.44. The molecule has 11 rings (SSSR count). The monoisotopic (exact) mass is 699 g/mol. The summed E-state index contributed by atoms with van der Waals surface area (Å²) in [6.45, 7) is 4.72. The van der Waals surface area contributed by atoms with Crippen LogP contribution in [0.4, 0.5) is 17.1 Å². The van der Waals surface area contributed by atoms with Gasteiger partial charge < -0.3 is 4.90 Å². The molecule has 0 N–H and O–H groups in total. The van der Waals surface area contributed by atoms with Crippen LogP contribution in [-0.2, 0) is 5.41 Å². The minimum absolute atomic E-state index is 0.0829. The largest absolute Gasteiger partial charge is 0.310 e. The SMILES string of the molecule is CC1(C)c2ccccc2-c2ccc(N(c3ccc(-c4cccc5c4ccc4sc6ccccc6c45)cc3)c3ccc4c(c3)sc3ccccc34)cc21. The minimum atomic E-state index is -0.0829. The Labute approximate surface area is 310 Å². The Morgan fingerprint density at radius 2 is 0.981 bits per heavy atom. The molecule has 0 bridgehead atoms. The Morgan fingerprint density at radius 1 is 0.385 bits per heavy atom. The molecular weight excluding hydrogens is 667 g/mol. The first-order valence-electron chi connectivity index (χ1n) is 17.9. The molecule has 0 fully saturated rings. The molecule has 0 spiro atoms. The van der Waals surface area contributed by atoms with Crippen LogP contribution in [0.1, 0.15) is 25.0 Å². The number of benzene rings is 8. The first-order valence-corrected chi connectivity index (χ1v) is 19.6. The molecule has 2 aromatic heterocycles. The lowest BCUT2D eigenvalue weighted by Gasteiger charge is -2.28. The van der Waals surface area contributed by atoms with E-state index in [0.717, 1.165) is 11.4 Å². The lowest BCUT2D eigenvalue weighted by atomic mass is 9.82. The van der Waals surface area contributed by atoms with Crippen molar-refractivity contribution in [1.82, 2.24) is 0 Å². The number of anilines is 3. The predicted octanol–water partition coefficient (Wildman–Crippen LogP) is 15.0. The highest BCUT2D eigenvalue weighted by atomic mass is 32.1. The molecule has 0 saturated heterocycles. The highest BCUT2D eigenvalue weighted by molar-refractivity contribution is 7.26. The summed E-state index contributed by atoms with van der Waals surface area (Å²) in [7, 11) is 0. The lowest BCUT2D eigenvalue weighted by Crippen LogP contribution is -2.16. The summed E-state index contributed by atoms with van der Waals surface area (Å²) >= 11 is 3.75. The molecule has 2 heterocycles. The van der Waals surface area contributed by atoms with E-state index in [9.17, 15) is 0 Å². The van der Waals surface area contributed by atoms with E-state index in [1.54, 1.807) is 0 Å². The van der Waals surface area contributed by atoms with Gasteiger partial charge in [0.15, 0.2) is 0 Å². The van der Waals surface area contributed by atoms with Crippen LogP contribution in [0.2, 0.25) is 0 Å². The normalized spacial score (nSPS) is 13.3. The topological polar surface area (TPSA) is 3.24 Å². The third-order valence-electron chi connectivity index (χ3n) is 11.3. The van der Waals surface area contributed by atoms with Crippen LogP contribution in [0.25, 0.3) is 73.4 Å². The van der Waals surface area contributed by atoms with Crippen LogP contribution in [0, 0.1) is 0 Å². The van der Waals surface area contributed by atoms with E-state index in [1.165, 1.54) is 90.2 Å². The zero-order chi connectivity index (χ0) is 34.6. The minimum Gasteiger partial charge on any atom is -0.310 e. The molecule has 0 radical (unpaired) electrons. The Morgan fingerprint density at radius 3 is 1.85 bits per heavy atom. The van der Waals surface area contributed by atoms with Gasteiger partial charge in [0.2, 0.25) is 0 Å². The second kappa shape index (κ2) is 11.1. The fraction of sp³-hybridized carbons (Fsp3) is 0.0612. The van der Waals surface area contributed by atoms with Crippen molar-refractivity contribution in [1.29, 1.82) is 0 Å². The molecule has 0 atom stereocenters. The van der Waals surface area contributed by atoms with E-state index in [-0.39, 0.29) is 5.41 Å². The van der Waals surface area contributed by atoms with Crippen molar-refractivity contribution in [2.24, 2.45) is 0 Å². The lowest BCUT2D eigenvalue weighted by molar-refractivity contribution is 0.660. The van der Waals surface area contributed by atoms with E-state index in [0.29, 0.717) is 0 Å². The first-order chi connectivity index (χ1) is 25.5. The van der Waals surface area contributed by atoms with Crippen LogP contribution in [0.15, 0.2) is 164 Å². The average molecular weight is 700 g/mol. The van der Waals surface area contributed by atoms with Crippen LogP contribution in [0.3, 0.4) is 0 Å². The maximum Gasteiger partial charge on any atom is 0.0476 e. The number of nitrogens with zero attached hydrogens (tertiary/aromatic N) is 1. The fourth-order valence-electron chi connectivity index (χ4n) is 8.76. The van der Waals surface area contributed by atoms with Crippen LogP contribution >= 0.6 is 22.7 Å². The fourth-order valence-corrected chi connectivity index (χ4v) is 11.0. The molecule has 3 heteroatoms. The number of rotatable bonds is 4. The Bertz CT molecular complexity index is 3050. The third-order valence-corrected chi connectivity index (χ3v) is 13.6. The molecule has 0 aliphatic heterocycles. The zero-order valence-electron chi connectivity index (χ0n) is 28.9. The van der Waals surface area contributed by atoms with Gasteiger partial charge in [0.25, 0.3) is 0 Å². The van der Waals surface area contributed by atoms with Gasteiger partial charge in [0.05, 0.1) is 0 Å². The molecule has 1 aliphatic rings. The summed E-state index contributed by atoms with van der Waals surface area (Å²) in [5.41, 5.74) is 11.3. The highest BCUT2D eigenvalue weighted by Crippen LogP contribution is 2.51. The van der Waals surface area contributed by atoms with E-state index in [2.05, 4.69) is 183 Å². The molecule has 8 aromatic carbocycles.